The first-order valence-corrected chi connectivity index (χ1v) is 17.6. The molecule has 1 spiro atoms. The van der Waals surface area contributed by atoms with E-state index in [1.54, 1.807) is 6.20 Å². The molecule has 2 saturated carbocycles. The van der Waals surface area contributed by atoms with Crippen molar-refractivity contribution in [3.8, 4) is 0 Å². The summed E-state index contributed by atoms with van der Waals surface area (Å²) >= 11 is 0. The molecule has 1 saturated heterocycles. The topological polar surface area (TPSA) is 76.6 Å². The molecule has 2 aliphatic carbocycles. The number of amides is 1. The number of carbonyl (C=O) groups is 1. The van der Waals surface area contributed by atoms with Crippen LogP contribution in [0.3, 0.4) is 0 Å². The Hall–Kier alpha value is -1.77. The highest BCUT2D eigenvalue weighted by Crippen LogP contribution is 2.70. The third-order valence-electron chi connectivity index (χ3n) is 10.4. The minimum Gasteiger partial charge on any atom is -0.409 e. The van der Waals surface area contributed by atoms with E-state index >= 15 is 0 Å². The summed E-state index contributed by atoms with van der Waals surface area (Å²) in [7, 11) is -5.74. The predicted octanol–water partition coefficient (Wildman–Crippen LogP) is 6.05. The Morgan fingerprint density at radius 2 is 1.92 bits per heavy atom. The number of aromatic nitrogens is 1. The number of benzene rings is 1. The fourth-order valence-electron chi connectivity index (χ4n) is 7.60. The van der Waals surface area contributed by atoms with Crippen LogP contribution in [0.1, 0.15) is 72.0 Å². The molecule has 1 aromatic carbocycles. The van der Waals surface area contributed by atoms with Crippen LogP contribution in [-0.2, 0) is 19.2 Å². The molecular formula is C28H40N2O4SSi. The number of pyridine rings is 1. The molecule has 1 aliphatic heterocycles. The van der Waals surface area contributed by atoms with Crippen LogP contribution in [0.4, 0.5) is 0 Å². The Morgan fingerprint density at radius 3 is 2.56 bits per heavy atom. The second kappa shape index (κ2) is 8.91. The number of hydrogen-bond donors (Lipinski definition) is 0. The third kappa shape index (κ3) is 3.69. The predicted molar refractivity (Wildman–Crippen MR) is 145 cm³/mol. The molecule has 2 heterocycles. The summed E-state index contributed by atoms with van der Waals surface area (Å²) in [6, 6.07) is 12.8. The van der Waals surface area contributed by atoms with Crippen LogP contribution in [0.25, 0.3) is 10.9 Å². The first-order chi connectivity index (χ1) is 17.0. The maximum atomic E-state index is 13.8. The molecule has 3 fully saturated rings. The standard InChI is InChI=1S/C28H40N2O4SSi/c1-6-36(7-2,8-3)34-24(21-11-12-23-20(16-21)10-9-15-29-23)18-26(31)30-19-28-14-13-22(27(28,4)5)17-25(28)35(30,32)33/h9-12,15-16,22,24-25H,6-8,13-14,17-19H2,1-5H3/t22?,24-,25+,28?/m0/s1. The van der Waals surface area contributed by atoms with Crippen LogP contribution in [0.2, 0.25) is 18.1 Å². The highest BCUT2D eigenvalue weighted by atomic mass is 32.2. The van der Waals surface area contributed by atoms with Gasteiger partial charge >= 0.3 is 0 Å². The molecule has 8 heteroatoms. The molecule has 5 rings (SSSR count). The van der Waals surface area contributed by atoms with E-state index < -0.39 is 29.7 Å². The zero-order valence-corrected chi connectivity index (χ0v) is 24.1. The normalized spacial score (nSPS) is 29.0. The minimum absolute atomic E-state index is 0.0480. The average Bonchev–Trinajstić information content (AvgIpc) is 3.38. The summed E-state index contributed by atoms with van der Waals surface area (Å²) < 4.78 is 35.5. The van der Waals surface area contributed by atoms with Crippen molar-refractivity contribution in [2.45, 2.75) is 89.8 Å². The molecule has 2 unspecified atom stereocenters. The van der Waals surface area contributed by atoms with Crippen LogP contribution in [0.15, 0.2) is 36.5 Å². The van der Waals surface area contributed by atoms with Crippen molar-refractivity contribution in [2.24, 2.45) is 16.7 Å². The van der Waals surface area contributed by atoms with Gasteiger partial charge in [-0.15, -0.1) is 0 Å². The molecule has 2 aromatic rings. The van der Waals surface area contributed by atoms with E-state index in [1.807, 2.05) is 24.3 Å². The van der Waals surface area contributed by atoms with Crippen molar-refractivity contribution in [3.05, 3.63) is 42.1 Å². The molecule has 2 bridgehead atoms. The zero-order chi connectivity index (χ0) is 25.9. The number of nitrogens with zero attached hydrogens (tertiary/aromatic N) is 2. The highest BCUT2D eigenvalue weighted by molar-refractivity contribution is 7.90. The van der Waals surface area contributed by atoms with Gasteiger partial charge in [-0.05, 0) is 72.5 Å². The van der Waals surface area contributed by atoms with Gasteiger partial charge in [0.25, 0.3) is 0 Å². The lowest BCUT2D eigenvalue weighted by Crippen LogP contribution is -2.41. The Morgan fingerprint density at radius 1 is 1.19 bits per heavy atom. The molecule has 36 heavy (non-hydrogen) atoms. The van der Waals surface area contributed by atoms with Gasteiger partial charge in [0, 0.05) is 23.5 Å². The lowest BCUT2D eigenvalue weighted by molar-refractivity contribution is -0.129. The third-order valence-corrected chi connectivity index (χ3v) is 17.4. The Bertz CT molecular complexity index is 1270. The maximum Gasteiger partial charge on any atom is 0.240 e. The largest absolute Gasteiger partial charge is 0.409 e. The molecule has 1 amide bonds. The summed E-state index contributed by atoms with van der Waals surface area (Å²) in [5.41, 5.74) is 1.44. The van der Waals surface area contributed by atoms with Gasteiger partial charge in [0.05, 0.1) is 23.3 Å². The summed E-state index contributed by atoms with van der Waals surface area (Å²) in [4.78, 5) is 18.3. The SMILES string of the molecule is CC[Si](CC)(CC)O[C@@H](CC(=O)N1CC23CCC(C[C@H]2S1(=O)=O)C3(C)C)c1ccc2ncccc2c1. The summed E-state index contributed by atoms with van der Waals surface area (Å²) in [6.07, 6.45) is 4.00. The van der Waals surface area contributed by atoms with Gasteiger partial charge in [0.15, 0.2) is 8.32 Å². The average molecular weight is 529 g/mol. The molecule has 0 N–H and O–H groups in total. The fourth-order valence-corrected chi connectivity index (χ4v) is 13.0. The first kappa shape index (κ1) is 25.9. The van der Waals surface area contributed by atoms with Crippen LogP contribution < -0.4 is 0 Å². The van der Waals surface area contributed by atoms with Crippen molar-refractivity contribution in [1.82, 2.24) is 9.29 Å². The van der Waals surface area contributed by atoms with Crippen LogP contribution in [-0.4, -0.2) is 43.7 Å². The number of rotatable bonds is 8. The Labute approximate surface area is 217 Å². The molecular weight excluding hydrogens is 488 g/mol. The maximum absolute atomic E-state index is 13.8. The van der Waals surface area contributed by atoms with E-state index in [2.05, 4.69) is 45.7 Å². The van der Waals surface area contributed by atoms with E-state index in [1.165, 1.54) is 4.31 Å². The number of carbonyl (C=O) groups excluding carboxylic acids is 1. The van der Waals surface area contributed by atoms with Crippen LogP contribution in [0, 0.1) is 16.7 Å². The van der Waals surface area contributed by atoms with Gasteiger partial charge in [-0.2, -0.15) is 0 Å². The zero-order valence-electron chi connectivity index (χ0n) is 22.3. The van der Waals surface area contributed by atoms with Crippen molar-refractivity contribution in [1.29, 1.82) is 0 Å². The first-order valence-electron chi connectivity index (χ1n) is 13.6. The summed E-state index contributed by atoms with van der Waals surface area (Å²) in [5, 5.41) is 0.568. The molecule has 0 radical (unpaired) electrons. The second-order valence-electron chi connectivity index (χ2n) is 11.8. The van der Waals surface area contributed by atoms with E-state index in [4.69, 9.17) is 4.43 Å². The van der Waals surface area contributed by atoms with E-state index in [0.717, 1.165) is 47.4 Å². The lowest BCUT2D eigenvalue weighted by Gasteiger charge is -2.36. The minimum atomic E-state index is -3.67. The number of hydrogen-bond acceptors (Lipinski definition) is 5. The van der Waals surface area contributed by atoms with E-state index in [-0.39, 0.29) is 23.2 Å². The quantitative estimate of drug-likeness (QED) is 0.390. The van der Waals surface area contributed by atoms with Gasteiger partial charge in [-0.1, -0.05) is 46.8 Å². The van der Waals surface area contributed by atoms with Gasteiger partial charge in [0.2, 0.25) is 15.9 Å². The lowest BCUT2D eigenvalue weighted by atomic mass is 9.69. The van der Waals surface area contributed by atoms with E-state index in [9.17, 15) is 13.2 Å². The van der Waals surface area contributed by atoms with Crippen molar-refractivity contribution in [3.63, 3.8) is 0 Å². The van der Waals surface area contributed by atoms with Crippen molar-refractivity contribution < 1.29 is 17.6 Å². The summed E-state index contributed by atoms with van der Waals surface area (Å²) in [5.74, 6) is 0.114. The van der Waals surface area contributed by atoms with Crippen molar-refractivity contribution >= 4 is 35.2 Å². The smallest absolute Gasteiger partial charge is 0.240 e. The van der Waals surface area contributed by atoms with Crippen LogP contribution in [0.5, 0.6) is 0 Å². The van der Waals surface area contributed by atoms with Gasteiger partial charge < -0.3 is 4.43 Å². The van der Waals surface area contributed by atoms with E-state index in [0.29, 0.717) is 18.9 Å². The monoisotopic (exact) mass is 528 g/mol. The van der Waals surface area contributed by atoms with Crippen molar-refractivity contribution in [2.75, 3.05) is 6.54 Å². The second-order valence-corrected chi connectivity index (χ2v) is 18.6. The highest BCUT2D eigenvalue weighted by Gasteiger charge is 2.72. The molecule has 196 valence electrons. The fraction of sp³-hybridized carbons (Fsp3) is 0.643. The number of fused-ring (bicyclic) bond motifs is 2. The summed E-state index contributed by atoms with van der Waals surface area (Å²) in [6.45, 7) is 11.3. The van der Waals surface area contributed by atoms with Gasteiger partial charge in [0.1, 0.15) is 0 Å². The van der Waals surface area contributed by atoms with Gasteiger partial charge in [-0.3, -0.25) is 9.78 Å². The molecule has 3 aliphatic rings. The molecule has 4 atom stereocenters. The number of sulfonamides is 1. The Kier molecular flexibility index (Phi) is 6.40. The van der Waals surface area contributed by atoms with Crippen LogP contribution >= 0.6 is 0 Å². The molecule has 1 aromatic heterocycles. The van der Waals surface area contributed by atoms with Gasteiger partial charge in [-0.25, -0.2) is 12.7 Å². The Balaban J connectivity index is 1.48. The molecule has 6 nitrogen and oxygen atoms in total.